The van der Waals surface area contributed by atoms with Crippen LogP contribution in [0.25, 0.3) is 6.08 Å². The average molecular weight is 514 g/mol. The Balaban J connectivity index is 1.62. The van der Waals surface area contributed by atoms with Crippen molar-refractivity contribution in [2.75, 3.05) is 24.5 Å². The monoisotopic (exact) mass is 513 g/mol. The fraction of sp³-hybridized carbons (Fsp3) is 0.385. The zero-order valence-electron chi connectivity index (χ0n) is 20.5. The Labute approximate surface area is 209 Å². The first-order valence-corrected chi connectivity index (χ1v) is 13.6. The van der Waals surface area contributed by atoms with Crippen molar-refractivity contribution < 1.29 is 38.1 Å². The molecule has 10 heteroatoms. The van der Waals surface area contributed by atoms with E-state index in [0.717, 1.165) is 47.1 Å². The molecule has 0 amide bonds. The molecular weight excluding hydrogens is 483 g/mol. The van der Waals surface area contributed by atoms with Crippen molar-refractivity contribution in [2.45, 2.75) is 45.1 Å². The predicted molar refractivity (Wildman–Crippen MR) is 136 cm³/mol. The lowest BCUT2D eigenvalue weighted by Crippen LogP contribution is -2.45. The third-order valence-electron chi connectivity index (χ3n) is 7.32. The van der Waals surface area contributed by atoms with E-state index in [1.807, 2.05) is 13.0 Å². The number of aliphatic carboxylic acids is 1. The largest absolute Gasteiger partial charge is 0.524 e. The summed E-state index contributed by atoms with van der Waals surface area (Å²) < 4.78 is 24.9. The predicted octanol–water partition coefficient (Wildman–Crippen LogP) is 4.08. The first-order chi connectivity index (χ1) is 17.0. The number of carboxylic acid groups (broad SMARTS) is 1. The van der Waals surface area contributed by atoms with E-state index in [2.05, 4.69) is 41.5 Å². The first kappa shape index (κ1) is 24.6. The number of anilines is 1. The SMILES string of the molecule is CCN(CC)c1ccc2c(c1)OC1CC[N+]3=C(C1=C2)C(C)(CC(=O)O)c1cc(OP(=O)(O)O)ccc13. The van der Waals surface area contributed by atoms with E-state index in [4.69, 9.17) is 9.26 Å². The van der Waals surface area contributed by atoms with Gasteiger partial charge in [-0.1, -0.05) is 0 Å². The van der Waals surface area contributed by atoms with E-state index in [1.54, 1.807) is 12.1 Å². The van der Waals surface area contributed by atoms with Gasteiger partial charge in [-0.05, 0) is 51.1 Å². The Morgan fingerprint density at radius 1 is 1.22 bits per heavy atom. The molecular formula is C26H30N2O7P+. The summed E-state index contributed by atoms with van der Waals surface area (Å²) in [5, 5.41) is 9.85. The highest BCUT2D eigenvalue weighted by Gasteiger charge is 2.55. The van der Waals surface area contributed by atoms with Crippen LogP contribution in [-0.2, 0) is 14.8 Å². The van der Waals surface area contributed by atoms with E-state index in [-0.39, 0.29) is 18.3 Å². The van der Waals surface area contributed by atoms with E-state index in [1.165, 1.54) is 6.07 Å². The van der Waals surface area contributed by atoms with Gasteiger partial charge in [-0.2, -0.15) is 4.58 Å². The molecule has 0 fully saturated rings. The normalized spacial score (nSPS) is 22.0. The summed E-state index contributed by atoms with van der Waals surface area (Å²) in [5.74, 6) is -0.156. The average Bonchev–Trinajstić information content (AvgIpc) is 3.05. The Kier molecular flexibility index (Phi) is 5.98. The van der Waals surface area contributed by atoms with Gasteiger partial charge in [0.25, 0.3) is 0 Å². The zero-order valence-corrected chi connectivity index (χ0v) is 21.4. The summed E-state index contributed by atoms with van der Waals surface area (Å²) in [6, 6.07) is 11.0. The molecule has 3 N–H and O–H groups in total. The fourth-order valence-corrected chi connectivity index (χ4v) is 6.20. The van der Waals surface area contributed by atoms with Crippen LogP contribution in [-0.4, -0.2) is 56.9 Å². The topological polar surface area (TPSA) is 120 Å². The number of rotatable bonds is 7. The molecule has 5 rings (SSSR count). The van der Waals surface area contributed by atoms with Crippen LogP contribution >= 0.6 is 7.82 Å². The van der Waals surface area contributed by atoms with Gasteiger partial charge in [-0.25, -0.2) is 4.57 Å². The van der Waals surface area contributed by atoms with Gasteiger partial charge in [0.15, 0.2) is 12.3 Å². The zero-order chi connectivity index (χ0) is 25.8. The molecule has 0 saturated heterocycles. The molecule has 2 atom stereocenters. The van der Waals surface area contributed by atoms with Gasteiger partial charge < -0.3 is 19.3 Å². The number of hydrogen-bond acceptors (Lipinski definition) is 5. The lowest BCUT2D eigenvalue weighted by molar-refractivity contribution is -0.444. The molecule has 2 aromatic carbocycles. The molecule has 0 radical (unpaired) electrons. The fourth-order valence-electron chi connectivity index (χ4n) is 5.81. The molecule has 3 aliphatic heterocycles. The van der Waals surface area contributed by atoms with Crippen molar-refractivity contribution in [3.05, 3.63) is 53.1 Å². The van der Waals surface area contributed by atoms with Crippen LogP contribution in [0.3, 0.4) is 0 Å². The number of nitrogens with zero attached hydrogens (tertiary/aromatic N) is 2. The minimum Gasteiger partial charge on any atom is -0.485 e. The van der Waals surface area contributed by atoms with Crippen LogP contribution in [0.4, 0.5) is 11.4 Å². The van der Waals surface area contributed by atoms with Gasteiger partial charge in [0.05, 0.1) is 17.4 Å². The number of hydrogen-bond donors (Lipinski definition) is 3. The van der Waals surface area contributed by atoms with E-state index in [0.29, 0.717) is 18.5 Å². The Morgan fingerprint density at radius 2 is 1.97 bits per heavy atom. The molecule has 3 aliphatic rings. The van der Waals surface area contributed by atoms with Crippen molar-refractivity contribution in [3.63, 3.8) is 0 Å². The lowest BCUT2D eigenvalue weighted by Gasteiger charge is -2.33. The summed E-state index contributed by atoms with van der Waals surface area (Å²) >= 11 is 0. The Hall–Kier alpha value is -3.13. The van der Waals surface area contributed by atoms with E-state index >= 15 is 0 Å². The number of benzene rings is 2. The second kappa shape index (κ2) is 8.76. The molecule has 190 valence electrons. The van der Waals surface area contributed by atoms with Gasteiger partial charge in [0.1, 0.15) is 17.6 Å². The number of phosphoric ester groups is 1. The van der Waals surface area contributed by atoms with Crippen molar-refractivity contribution in [2.24, 2.45) is 0 Å². The number of fused-ring (bicyclic) bond motifs is 5. The molecule has 9 nitrogen and oxygen atoms in total. The third kappa shape index (κ3) is 4.11. The van der Waals surface area contributed by atoms with Crippen LogP contribution in [0.2, 0.25) is 0 Å². The quantitative estimate of drug-likeness (QED) is 0.374. The molecule has 0 saturated carbocycles. The molecule has 0 spiro atoms. The van der Waals surface area contributed by atoms with Gasteiger partial charge in [0, 0.05) is 48.5 Å². The van der Waals surface area contributed by atoms with Crippen molar-refractivity contribution in [1.82, 2.24) is 0 Å². The van der Waals surface area contributed by atoms with Crippen LogP contribution in [0.1, 0.15) is 44.7 Å². The molecule has 3 heterocycles. The number of carbonyl (C=O) groups is 1. The summed E-state index contributed by atoms with van der Waals surface area (Å²) in [6.45, 7) is 8.51. The lowest BCUT2D eigenvalue weighted by atomic mass is 9.72. The van der Waals surface area contributed by atoms with Gasteiger partial charge in [0.2, 0.25) is 5.69 Å². The minimum absolute atomic E-state index is 0.00107. The molecule has 2 aromatic rings. The molecule has 0 bridgehead atoms. The molecule has 2 unspecified atom stereocenters. The van der Waals surface area contributed by atoms with Gasteiger partial charge >= 0.3 is 13.8 Å². The minimum atomic E-state index is -4.76. The molecule has 36 heavy (non-hydrogen) atoms. The maximum Gasteiger partial charge on any atom is 0.524 e. The maximum atomic E-state index is 12.0. The van der Waals surface area contributed by atoms with Crippen molar-refractivity contribution in [1.29, 1.82) is 0 Å². The van der Waals surface area contributed by atoms with Crippen LogP contribution in [0, 0.1) is 0 Å². The van der Waals surface area contributed by atoms with Gasteiger partial charge in [-0.15, -0.1) is 0 Å². The van der Waals surface area contributed by atoms with Crippen LogP contribution in [0.5, 0.6) is 11.5 Å². The summed E-state index contributed by atoms with van der Waals surface area (Å²) in [6.07, 6.45) is 2.40. The third-order valence-corrected chi connectivity index (χ3v) is 7.76. The number of ether oxygens (including phenoxy) is 1. The second-order valence-electron chi connectivity index (χ2n) is 9.55. The maximum absolute atomic E-state index is 12.0. The molecule has 0 aromatic heterocycles. The number of phosphoric acid groups is 1. The summed E-state index contributed by atoms with van der Waals surface area (Å²) in [5.41, 5.74) is 4.35. The van der Waals surface area contributed by atoms with Crippen LogP contribution in [0.15, 0.2) is 42.0 Å². The standard InChI is InChI=1S/C26H29N2O7P/c1-4-27(5-2)17-7-6-16-12-19-22(34-23(16)13-17)10-11-28-21-9-8-18(35-36(31,32)33)14-20(21)26(3,25(19)28)15-24(29)30/h6-9,12-14,22H,4-5,10-11,15H2,1-3H3,(H2-,29,30,31,32,33)/p+1. The first-order valence-electron chi connectivity index (χ1n) is 12.1. The Bertz CT molecular complexity index is 1360. The Morgan fingerprint density at radius 3 is 2.64 bits per heavy atom. The van der Waals surface area contributed by atoms with Gasteiger partial charge in [-0.3, -0.25) is 14.6 Å². The van der Waals surface area contributed by atoms with Crippen molar-refractivity contribution in [3.8, 4) is 11.5 Å². The van der Waals surface area contributed by atoms with Crippen molar-refractivity contribution >= 4 is 37.0 Å². The van der Waals surface area contributed by atoms with E-state index in [9.17, 15) is 24.3 Å². The smallest absolute Gasteiger partial charge is 0.485 e. The summed E-state index contributed by atoms with van der Waals surface area (Å²) in [7, 11) is -4.76. The summed E-state index contributed by atoms with van der Waals surface area (Å²) in [4.78, 5) is 32.9. The highest BCUT2D eigenvalue weighted by atomic mass is 31.2. The van der Waals surface area contributed by atoms with E-state index < -0.39 is 19.2 Å². The van der Waals surface area contributed by atoms with Crippen LogP contribution < -0.4 is 14.2 Å². The highest BCUT2D eigenvalue weighted by molar-refractivity contribution is 7.46. The molecule has 0 aliphatic carbocycles. The highest BCUT2D eigenvalue weighted by Crippen LogP contribution is 2.50. The number of carboxylic acids is 1. The second-order valence-corrected chi connectivity index (χ2v) is 10.7.